The van der Waals surface area contributed by atoms with Crippen molar-refractivity contribution < 1.29 is 28.9 Å². The molecule has 3 aromatic carbocycles. The summed E-state index contributed by atoms with van der Waals surface area (Å²) in [4.78, 5) is 28.1. The smallest absolute Gasteiger partial charge is 0.300 e. The maximum atomic E-state index is 13.4. The normalized spacial score (nSPS) is 16.9. The third-order valence-corrected chi connectivity index (χ3v) is 5.93. The van der Waals surface area contributed by atoms with E-state index in [1.165, 1.54) is 19.1 Å². The van der Waals surface area contributed by atoms with Crippen molar-refractivity contribution in [3.63, 3.8) is 0 Å². The lowest BCUT2D eigenvalue weighted by Gasteiger charge is -2.27. The van der Waals surface area contributed by atoms with Gasteiger partial charge in [0.25, 0.3) is 11.7 Å². The average molecular weight is 474 g/mol. The number of ether oxygens (including phenoxy) is 3. The quantitative estimate of drug-likeness (QED) is 0.294. The second-order valence-corrected chi connectivity index (χ2v) is 8.07. The minimum absolute atomic E-state index is 0.0174. The highest BCUT2D eigenvalue weighted by molar-refractivity contribution is 6.51. The van der Waals surface area contributed by atoms with Crippen molar-refractivity contribution >= 4 is 23.1 Å². The molecule has 0 aliphatic carbocycles. The number of methoxy groups -OCH3 is 2. The molecule has 4 rings (SSSR count). The van der Waals surface area contributed by atoms with Gasteiger partial charge in [-0.2, -0.15) is 0 Å². The highest BCUT2D eigenvalue weighted by atomic mass is 16.5. The first kappa shape index (κ1) is 23.9. The van der Waals surface area contributed by atoms with Crippen LogP contribution >= 0.6 is 0 Å². The lowest BCUT2D eigenvalue weighted by atomic mass is 9.94. The molecule has 3 aromatic rings. The number of hydrogen-bond donors (Lipinski definition) is 1. The maximum absolute atomic E-state index is 13.4. The predicted molar refractivity (Wildman–Crippen MR) is 133 cm³/mol. The largest absolute Gasteiger partial charge is 0.507 e. The highest BCUT2D eigenvalue weighted by Crippen LogP contribution is 2.45. The molecule has 35 heavy (non-hydrogen) atoms. The van der Waals surface area contributed by atoms with Crippen molar-refractivity contribution in [2.45, 2.75) is 19.9 Å². The number of aliphatic hydroxyl groups excluding tert-OH is 1. The SMILES string of the molecule is CCOc1ccc(N2C(=O)C(=O)/C(=C(/O)c3ccc(C)cc3)C2c2ccc(OC)cc2OC)cc1. The van der Waals surface area contributed by atoms with Crippen molar-refractivity contribution in [2.24, 2.45) is 0 Å². The fourth-order valence-electron chi connectivity index (χ4n) is 4.17. The number of nitrogens with zero attached hydrogens (tertiary/aromatic N) is 1. The van der Waals surface area contributed by atoms with E-state index in [0.29, 0.717) is 40.7 Å². The van der Waals surface area contributed by atoms with Gasteiger partial charge in [-0.25, -0.2) is 0 Å². The van der Waals surface area contributed by atoms with Gasteiger partial charge in [-0.1, -0.05) is 29.8 Å². The number of benzene rings is 3. The number of rotatable bonds is 7. The van der Waals surface area contributed by atoms with Crippen molar-refractivity contribution in [1.82, 2.24) is 0 Å². The molecule has 1 unspecified atom stereocenters. The van der Waals surface area contributed by atoms with Crippen LogP contribution in [0.4, 0.5) is 5.69 Å². The Morgan fingerprint density at radius 3 is 2.17 bits per heavy atom. The minimum Gasteiger partial charge on any atom is -0.507 e. The summed E-state index contributed by atoms with van der Waals surface area (Å²) < 4.78 is 16.4. The number of aryl methyl sites for hydroxylation is 1. The zero-order valence-corrected chi connectivity index (χ0v) is 20.1. The first-order valence-electron chi connectivity index (χ1n) is 11.2. The van der Waals surface area contributed by atoms with E-state index in [0.717, 1.165) is 5.56 Å². The maximum Gasteiger partial charge on any atom is 0.300 e. The van der Waals surface area contributed by atoms with Crippen LogP contribution in [0.3, 0.4) is 0 Å². The molecule has 7 nitrogen and oxygen atoms in total. The molecule has 0 bridgehead atoms. The Morgan fingerprint density at radius 1 is 0.914 bits per heavy atom. The summed E-state index contributed by atoms with van der Waals surface area (Å²) in [6.45, 7) is 4.31. The van der Waals surface area contributed by atoms with Gasteiger partial charge in [-0.15, -0.1) is 0 Å². The van der Waals surface area contributed by atoms with E-state index in [1.807, 2.05) is 26.0 Å². The molecule has 1 aliphatic heterocycles. The molecule has 1 saturated heterocycles. The van der Waals surface area contributed by atoms with Gasteiger partial charge in [-0.05, 0) is 50.2 Å². The Labute approximate surface area is 204 Å². The van der Waals surface area contributed by atoms with Crippen molar-refractivity contribution in [3.8, 4) is 17.2 Å². The predicted octanol–water partition coefficient (Wildman–Crippen LogP) is 5.04. The van der Waals surface area contributed by atoms with E-state index >= 15 is 0 Å². The van der Waals surface area contributed by atoms with Crippen molar-refractivity contribution in [1.29, 1.82) is 0 Å². The minimum atomic E-state index is -0.921. The summed E-state index contributed by atoms with van der Waals surface area (Å²) >= 11 is 0. The lowest BCUT2D eigenvalue weighted by Crippen LogP contribution is -2.29. The van der Waals surface area contributed by atoms with E-state index < -0.39 is 17.7 Å². The molecule has 0 spiro atoms. The monoisotopic (exact) mass is 473 g/mol. The summed E-state index contributed by atoms with van der Waals surface area (Å²) in [5.41, 5.74) is 2.45. The fraction of sp³-hybridized carbons (Fsp3) is 0.214. The number of anilines is 1. The van der Waals surface area contributed by atoms with E-state index in [4.69, 9.17) is 14.2 Å². The molecule has 0 aromatic heterocycles. The van der Waals surface area contributed by atoms with E-state index in [9.17, 15) is 14.7 Å². The molecule has 1 heterocycles. The second-order valence-electron chi connectivity index (χ2n) is 8.07. The number of carbonyl (C=O) groups is 2. The van der Waals surface area contributed by atoms with Crippen molar-refractivity contribution in [3.05, 3.63) is 89.0 Å². The van der Waals surface area contributed by atoms with Gasteiger partial charge in [0.05, 0.1) is 32.4 Å². The Morgan fingerprint density at radius 2 is 1.57 bits per heavy atom. The van der Waals surface area contributed by atoms with Crippen LogP contribution in [0.1, 0.15) is 29.7 Å². The molecule has 0 saturated carbocycles. The number of Topliss-reactive ketones (excluding diaryl/α,β-unsaturated/α-hetero) is 1. The van der Waals surface area contributed by atoms with Gasteiger partial charge >= 0.3 is 0 Å². The van der Waals surface area contributed by atoms with Gasteiger partial charge in [0.1, 0.15) is 23.0 Å². The zero-order valence-electron chi connectivity index (χ0n) is 20.1. The number of carbonyl (C=O) groups excluding carboxylic acids is 2. The molecular formula is C28H27NO6. The summed E-state index contributed by atoms with van der Waals surface area (Å²) in [6, 6.07) is 18.2. The summed E-state index contributed by atoms with van der Waals surface area (Å²) in [5.74, 6) is -0.152. The molecule has 1 N–H and O–H groups in total. The molecule has 1 amide bonds. The standard InChI is InChI=1S/C28H27NO6/c1-5-35-20-12-10-19(11-13-20)29-25(22-15-14-21(33-3)16-23(22)34-4)24(27(31)28(29)32)26(30)18-8-6-17(2)7-9-18/h6-16,25,30H,5H2,1-4H3/b26-24+. The lowest BCUT2D eigenvalue weighted by molar-refractivity contribution is -0.132. The van der Waals surface area contributed by atoms with Crippen LogP contribution < -0.4 is 19.1 Å². The van der Waals surface area contributed by atoms with Gasteiger partial charge in [0, 0.05) is 22.9 Å². The van der Waals surface area contributed by atoms with Crippen LogP contribution in [0.5, 0.6) is 17.2 Å². The van der Waals surface area contributed by atoms with Crippen LogP contribution in [0.15, 0.2) is 72.3 Å². The van der Waals surface area contributed by atoms with Crippen LogP contribution in [-0.2, 0) is 9.59 Å². The molecule has 0 radical (unpaired) electrons. The Kier molecular flexibility index (Phi) is 6.78. The summed E-state index contributed by atoms with van der Waals surface area (Å²) in [7, 11) is 3.04. The average Bonchev–Trinajstić information content (AvgIpc) is 3.14. The van der Waals surface area contributed by atoms with E-state index in [-0.39, 0.29) is 11.3 Å². The zero-order chi connectivity index (χ0) is 25.1. The van der Waals surface area contributed by atoms with Gasteiger partial charge in [0.15, 0.2) is 0 Å². The Balaban J connectivity index is 1.94. The number of hydrogen-bond acceptors (Lipinski definition) is 6. The van der Waals surface area contributed by atoms with Gasteiger partial charge in [-0.3, -0.25) is 14.5 Å². The molecule has 7 heteroatoms. The van der Waals surface area contributed by atoms with Crippen LogP contribution in [0.2, 0.25) is 0 Å². The topological polar surface area (TPSA) is 85.3 Å². The number of aliphatic hydroxyl groups is 1. The molecule has 1 fully saturated rings. The van der Waals surface area contributed by atoms with E-state index in [2.05, 4.69) is 0 Å². The number of ketones is 1. The third-order valence-electron chi connectivity index (χ3n) is 5.93. The molecular weight excluding hydrogens is 446 g/mol. The molecule has 1 atom stereocenters. The molecule has 1 aliphatic rings. The third kappa shape index (κ3) is 4.45. The molecule has 180 valence electrons. The van der Waals surface area contributed by atoms with Crippen LogP contribution in [-0.4, -0.2) is 37.6 Å². The van der Waals surface area contributed by atoms with Gasteiger partial charge in [0.2, 0.25) is 0 Å². The number of amides is 1. The van der Waals surface area contributed by atoms with Gasteiger partial charge < -0.3 is 19.3 Å². The fourth-order valence-corrected chi connectivity index (χ4v) is 4.17. The first-order chi connectivity index (χ1) is 16.9. The van der Waals surface area contributed by atoms with E-state index in [1.54, 1.807) is 54.6 Å². The second kappa shape index (κ2) is 9.93. The van der Waals surface area contributed by atoms with Crippen LogP contribution in [0, 0.1) is 6.92 Å². The Hall–Kier alpha value is -4.26. The summed E-state index contributed by atoms with van der Waals surface area (Å²) in [6.07, 6.45) is 0. The van der Waals surface area contributed by atoms with Crippen molar-refractivity contribution in [2.75, 3.05) is 25.7 Å². The van der Waals surface area contributed by atoms with Crippen LogP contribution in [0.25, 0.3) is 5.76 Å². The highest BCUT2D eigenvalue weighted by Gasteiger charge is 2.48. The summed E-state index contributed by atoms with van der Waals surface area (Å²) in [5, 5.41) is 11.3. The first-order valence-corrected chi connectivity index (χ1v) is 11.2. The Bertz CT molecular complexity index is 1280.